The first-order chi connectivity index (χ1) is 10.5. The normalized spacial score (nSPS) is 16.3. The number of hydrogen-bond acceptors (Lipinski definition) is 3. The molecule has 1 fully saturated rings. The van der Waals surface area contributed by atoms with E-state index in [1.54, 1.807) is 0 Å². The van der Waals surface area contributed by atoms with Crippen LogP contribution in [0.15, 0.2) is 12.1 Å². The fraction of sp³-hybridized carbons (Fsp3) is 0.556. The predicted molar refractivity (Wildman–Crippen MR) is 88.7 cm³/mol. The number of nitrogens with one attached hydrogen (secondary N) is 1. The third-order valence-electron chi connectivity index (χ3n) is 4.42. The number of aryl methyl sites for hydroxylation is 3. The highest BCUT2D eigenvalue weighted by Crippen LogP contribution is 2.25. The molecular formula is C18H25N3O. The van der Waals surface area contributed by atoms with E-state index in [0.717, 1.165) is 49.3 Å². The van der Waals surface area contributed by atoms with Gasteiger partial charge in [-0.25, -0.2) is 0 Å². The molecule has 0 unspecified atom stereocenters. The van der Waals surface area contributed by atoms with Gasteiger partial charge in [-0.05, 0) is 57.8 Å². The van der Waals surface area contributed by atoms with E-state index in [4.69, 9.17) is 5.26 Å². The molecule has 1 aromatic carbocycles. The van der Waals surface area contributed by atoms with Gasteiger partial charge >= 0.3 is 0 Å². The van der Waals surface area contributed by atoms with Gasteiger partial charge in [0.1, 0.15) is 0 Å². The molecule has 22 heavy (non-hydrogen) atoms. The Balaban J connectivity index is 1.93. The Morgan fingerprint density at radius 2 is 1.86 bits per heavy atom. The van der Waals surface area contributed by atoms with Crippen molar-refractivity contribution in [3.63, 3.8) is 0 Å². The first kappa shape index (κ1) is 16.5. The standard InChI is InChI=1S/C18H25N3O/c1-13-11-14(2)17(15(3)12-13)20-18(22)16-5-9-21(10-6-16)8-4-7-19/h11-12,16H,4-6,8-10H2,1-3H3,(H,20,22). The van der Waals surface area contributed by atoms with E-state index in [9.17, 15) is 4.79 Å². The van der Waals surface area contributed by atoms with E-state index < -0.39 is 0 Å². The molecule has 1 heterocycles. The summed E-state index contributed by atoms with van der Waals surface area (Å²) in [5.41, 5.74) is 4.43. The van der Waals surface area contributed by atoms with Crippen molar-refractivity contribution in [3.8, 4) is 6.07 Å². The monoisotopic (exact) mass is 299 g/mol. The molecule has 0 aliphatic carbocycles. The number of amides is 1. The van der Waals surface area contributed by atoms with Gasteiger partial charge in [-0.15, -0.1) is 0 Å². The number of carbonyl (C=O) groups excluding carboxylic acids is 1. The third-order valence-corrected chi connectivity index (χ3v) is 4.42. The average Bonchev–Trinajstić information content (AvgIpc) is 2.49. The van der Waals surface area contributed by atoms with Gasteiger partial charge in [-0.2, -0.15) is 5.26 Å². The summed E-state index contributed by atoms with van der Waals surface area (Å²) in [6.07, 6.45) is 2.32. The average molecular weight is 299 g/mol. The van der Waals surface area contributed by atoms with Crippen LogP contribution in [-0.2, 0) is 4.79 Å². The molecule has 118 valence electrons. The fourth-order valence-electron chi connectivity index (χ4n) is 3.23. The van der Waals surface area contributed by atoms with Crippen LogP contribution in [0.1, 0.15) is 36.0 Å². The number of hydrogen-bond donors (Lipinski definition) is 1. The van der Waals surface area contributed by atoms with E-state index in [2.05, 4.69) is 35.3 Å². The lowest BCUT2D eigenvalue weighted by Crippen LogP contribution is -2.38. The number of nitriles is 1. The number of carbonyl (C=O) groups is 1. The van der Waals surface area contributed by atoms with E-state index >= 15 is 0 Å². The zero-order valence-corrected chi connectivity index (χ0v) is 13.8. The molecule has 1 aromatic rings. The van der Waals surface area contributed by atoms with Gasteiger partial charge in [0.25, 0.3) is 0 Å². The van der Waals surface area contributed by atoms with E-state index in [0.29, 0.717) is 6.42 Å². The fourth-order valence-corrected chi connectivity index (χ4v) is 3.23. The lowest BCUT2D eigenvalue weighted by molar-refractivity contribution is -0.121. The minimum atomic E-state index is 0.0819. The molecule has 0 atom stereocenters. The summed E-state index contributed by atoms with van der Waals surface area (Å²) in [4.78, 5) is 14.8. The Kier molecular flexibility index (Phi) is 5.57. The van der Waals surface area contributed by atoms with Crippen LogP contribution < -0.4 is 5.32 Å². The highest BCUT2D eigenvalue weighted by Gasteiger charge is 2.25. The van der Waals surface area contributed by atoms with E-state index in [-0.39, 0.29) is 11.8 Å². The van der Waals surface area contributed by atoms with Crippen LogP contribution >= 0.6 is 0 Å². The summed E-state index contributed by atoms with van der Waals surface area (Å²) in [7, 11) is 0. The van der Waals surface area contributed by atoms with Gasteiger partial charge in [0.15, 0.2) is 0 Å². The Morgan fingerprint density at radius 3 is 2.41 bits per heavy atom. The van der Waals surface area contributed by atoms with Crippen molar-refractivity contribution >= 4 is 11.6 Å². The number of rotatable bonds is 4. The topological polar surface area (TPSA) is 56.1 Å². The Labute approximate surface area is 133 Å². The molecular weight excluding hydrogens is 274 g/mol. The second-order valence-corrected chi connectivity index (χ2v) is 6.29. The predicted octanol–water partition coefficient (Wildman–Crippen LogP) is 3.18. The molecule has 0 saturated carbocycles. The SMILES string of the molecule is Cc1cc(C)c(NC(=O)C2CCN(CCC#N)CC2)c(C)c1. The van der Waals surface area contributed by atoms with Gasteiger partial charge in [0.05, 0.1) is 6.07 Å². The summed E-state index contributed by atoms with van der Waals surface area (Å²) in [5, 5.41) is 11.8. The maximum atomic E-state index is 12.5. The molecule has 0 radical (unpaired) electrons. The zero-order chi connectivity index (χ0) is 16.1. The minimum absolute atomic E-state index is 0.0819. The Hall–Kier alpha value is -1.86. The summed E-state index contributed by atoms with van der Waals surface area (Å²) in [6.45, 7) is 8.79. The van der Waals surface area contributed by atoms with Crippen molar-refractivity contribution in [2.45, 2.75) is 40.0 Å². The van der Waals surface area contributed by atoms with Gasteiger partial charge in [0, 0.05) is 24.6 Å². The summed E-state index contributed by atoms with van der Waals surface area (Å²) >= 11 is 0. The van der Waals surface area contributed by atoms with Crippen LogP contribution in [0.3, 0.4) is 0 Å². The lowest BCUT2D eigenvalue weighted by atomic mass is 9.95. The molecule has 1 aliphatic rings. The van der Waals surface area contributed by atoms with Crippen molar-refractivity contribution in [2.75, 3.05) is 25.0 Å². The summed E-state index contributed by atoms with van der Waals surface area (Å²) in [5.74, 6) is 0.216. The molecule has 2 rings (SSSR count). The highest BCUT2D eigenvalue weighted by molar-refractivity contribution is 5.94. The second-order valence-electron chi connectivity index (χ2n) is 6.29. The van der Waals surface area contributed by atoms with Gasteiger partial charge in [0.2, 0.25) is 5.91 Å². The van der Waals surface area contributed by atoms with Crippen LogP contribution in [0.2, 0.25) is 0 Å². The summed E-state index contributed by atoms with van der Waals surface area (Å²) in [6, 6.07) is 6.39. The van der Waals surface area contributed by atoms with Crippen molar-refractivity contribution in [1.82, 2.24) is 4.90 Å². The van der Waals surface area contributed by atoms with Crippen molar-refractivity contribution in [1.29, 1.82) is 5.26 Å². The molecule has 1 saturated heterocycles. The summed E-state index contributed by atoms with van der Waals surface area (Å²) < 4.78 is 0. The van der Waals surface area contributed by atoms with Crippen LogP contribution in [0.4, 0.5) is 5.69 Å². The van der Waals surface area contributed by atoms with Gasteiger partial charge < -0.3 is 10.2 Å². The number of likely N-dealkylation sites (tertiary alicyclic amines) is 1. The lowest BCUT2D eigenvalue weighted by Gasteiger charge is -2.30. The first-order valence-corrected chi connectivity index (χ1v) is 7.99. The molecule has 0 spiro atoms. The third kappa shape index (κ3) is 4.08. The van der Waals surface area contributed by atoms with Crippen molar-refractivity contribution in [3.05, 3.63) is 28.8 Å². The minimum Gasteiger partial charge on any atom is -0.325 e. The van der Waals surface area contributed by atoms with Crippen LogP contribution in [-0.4, -0.2) is 30.4 Å². The molecule has 1 amide bonds. The molecule has 4 heteroatoms. The highest BCUT2D eigenvalue weighted by atomic mass is 16.1. The molecule has 0 aromatic heterocycles. The van der Waals surface area contributed by atoms with Crippen molar-refractivity contribution < 1.29 is 4.79 Å². The number of piperidine rings is 1. The number of nitrogens with zero attached hydrogens (tertiary/aromatic N) is 2. The molecule has 4 nitrogen and oxygen atoms in total. The van der Waals surface area contributed by atoms with Crippen LogP contribution in [0.5, 0.6) is 0 Å². The number of benzene rings is 1. The molecule has 0 bridgehead atoms. The van der Waals surface area contributed by atoms with E-state index in [1.807, 2.05) is 13.8 Å². The van der Waals surface area contributed by atoms with Crippen LogP contribution in [0, 0.1) is 38.0 Å². The Bertz CT molecular complexity index is 557. The van der Waals surface area contributed by atoms with Gasteiger partial charge in [-0.1, -0.05) is 17.7 Å². The van der Waals surface area contributed by atoms with Crippen molar-refractivity contribution in [2.24, 2.45) is 5.92 Å². The maximum Gasteiger partial charge on any atom is 0.227 e. The second kappa shape index (κ2) is 7.42. The molecule has 1 N–H and O–H groups in total. The Morgan fingerprint density at radius 1 is 1.27 bits per heavy atom. The zero-order valence-electron chi connectivity index (χ0n) is 13.8. The van der Waals surface area contributed by atoms with Gasteiger partial charge in [-0.3, -0.25) is 4.79 Å². The van der Waals surface area contributed by atoms with Crippen LogP contribution in [0.25, 0.3) is 0 Å². The van der Waals surface area contributed by atoms with E-state index in [1.165, 1.54) is 5.56 Å². The quantitative estimate of drug-likeness (QED) is 0.929. The maximum absolute atomic E-state index is 12.5. The smallest absolute Gasteiger partial charge is 0.227 e. The molecule has 1 aliphatic heterocycles. The number of anilines is 1. The first-order valence-electron chi connectivity index (χ1n) is 7.99. The largest absolute Gasteiger partial charge is 0.325 e.